The summed E-state index contributed by atoms with van der Waals surface area (Å²) in [7, 11) is 1.92. The van der Waals surface area contributed by atoms with E-state index in [0.29, 0.717) is 5.56 Å². The fourth-order valence-electron chi connectivity index (χ4n) is 3.55. The maximum absolute atomic E-state index is 12.9. The maximum Gasteiger partial charge on any atom is 0.306 e. The minimum Gasteiger partial charge on any atom is -0.460 e. The third-order valence-electron chi connectivity index (χ3n) is 5.09. The number of primary amides is 1. The van der Waals surface area contributed by atoms with Gasteiger partial charge >= 0.3 is 5.97 Å². The van der Waals surface area contributed by atoms with Gasteiger partial charge in [-0.15, -0.1) is 0 Å². The van der Waals surface area contributed by atoms with Crippen LogP contribution in [-0.2, 0) is 27.9 Å². The van der Waals surface area contributed by atoms with E-state index in [2.05, 4.69) is 4.98 Å². The molecule has 1 aliphatic rings. The number of nitrogens with zero attached hydrogens (tertiary/aromatic N) is 3. The summed E-state index contributed by atoms with van der Waals surface area (Å²) in [5.41, 5.74) is 8.02. The van der Waals surface area contributed by atoms with Crippen molar-refractivity contribution in [1.82, 2.24) is 14.5 Å². The van der Waals surface area contributed by atoms with Crippen LogP contribution in [0.25, 0.3) is 11.3 Å². The second kappa shape index (κ2) is 7.93. The van der Waals surface area contributed by atoms with E-state index < -0.39 is 23.5 Å². The largest absolute Gasteiger partial charge is 0.460 e. The molecule has 2 aromatic rings. The lowest BCUT2D eigenvalue weighted by Gasteiger charge is -2.25. The van der Waals surface area contributed by atoms with Gasteiger partial charge in [-0.05, 0) is 51.8 Å². The predicted octanol–water partition coefficient (Wildman–Crippen LogP) is 2.33. The van der Waals surface area contributed by atoms with Crippen LogP contribution in [0.5, 0.6) is 0 Å². The molecular weight excluding hydrogens is 384 g/mol. The van der Waals surface area contributed by atoms with Crippen molar-refractivity contribution in [2.24, 2.45) is 12.8 Å². The highest BCUT2D eigenvalue weighted by Gasteiger charge is 2.36. The zero-order chi connectivity index (χ0) is 22.2. The summed E-state index contributed by atoms with van der Waals surface area (Å²) in [6.07, 6.45) is 2.05. The number of rotatable bonds is 6. The first-order chi connectivity index (χ1) is 14.0. The van der Waals surface area contributed by atoms with Gasteiger partial charge in [0.1, 0.15) is 17.5 Å². The molecule has 0 fully saturated rings. The Morgan fingerprint density at radius 1 is 1.30 bits per heavy atom. The number of carbonyl (C=O) groups is 3. The molecule has 2 heterocycles. The topological polar surface area (TPSA) is 108 Å². The number of hydrogen-bond acceptors (Lipinski definition) is 5. The van der Waals surface area contributed by atoms with Crippen molar-refractivity contribution in [3.05, 3.63) is 41.3 Å². The number of aromatic nitrogens is 2. The Kier molecular flexibility index (Phi) is 5.70. The number of ether oxygens (including phenoxy) is 1. The molecule has 2 N–H and O–H groups in total. The number of imidazole rings is 1. The van der Waals surface area contributed by atoms with E-state index in [4.69, 9.17) is 10.5 Å². The summed E-state index contributed by atoms with van der Waals surface area (Å²) in [6.45, 7) is 7.51. The lowest BCUT2D eigenvalue weighted by atomic mass is 10.0. The van der Waals surface area contributed by atoms with Crippen molar-refractivity contribution in [1.29, 1.82) is 0 Å². The number of carbonyl (C=O) groups excluding carboxylic acids is 3. The van der Waals surface area contributed by atoms with Crippen molar-refractivity contribution in [3.8, 4) is 11.3 Å². The lowest BCUT2D eigenvalue weighted by Crippen LogP contribution is -2.45. The number of nitrogens with two attached hydrogens (primary N) is 1. The van der Waals surface area contributed by atoms with Crippen LogP contribution in [0.2, 0.25) is 0 Å². The molecule has 1 aromatic carbocycles. The summed E-state index contributed by atoms with van der Waals surface area (Å²) >= 11 is 0. The van der Waals surface area contributed by atoms with Gasteiger partial charge in [0.2, 0.25) is 5.91 Å². The van der Waals surface area contributed by atoms with E-state index in [0.717, 1.165) is 22.6 Å². The Balaban J connectivity index is 1.77. The number of aryl methyl sites for hydroxylation is 2. The number of hydrogen-bond donors (Lipinski definition) is 1. The summed E-state index contributed by atoms with van der Waals surface area (Å²) < 4.78 is 7.22. The molecule has 1 unspecified atom stereocenters. The molecule has 1 aromatic heterocycles. The molecule has 3 rings (SSSR count). The van der Waals surface area contributed by atoms with Gasteiger partial charge in [-0.3, -0.25) is 14.4 Å². The second-order valence-electron chi connectivity index (χ2n) is 8.63. The summed E-state index contributed by atoms with van der Waals surface area (Å²) in [5.74, 6) is -0.438. The zero-order valence-corrected chi connectivity index (χ0v) is 18.1. The SMILES string of the molecule is Cc1nc(-c2ccc3c(c2)CN(C(CCC(=O)OC(C)(C)C)C(N)=O)C3=O)cn1C. The summed E-state index contributed by atoms with van der Waals surface area (Å²) in [4.78, 5) is 43.0. The van der Waals surface area contributed by atoms with Crippen LogP contribution in [0.1, 0.15) is 55.4 Å². The van der Waals surface area contributed by atoms with Gasteiger partial charge in [0.05, 0.1) is 5.69 Å². The van der Waals surface area contributed by atoms with Crippen molar-refractivity contribution in [3.63, 3.8) is 0 Å². The van der Waals surface area contributed by atoms with Crippen LogP contribution in [0.15, 0.2) is 24.4 Å². The van der Waals surface area contributed by atoms with Crippen LogP contribution in [0, 0.1) is 6.92 Å². The normalized spacial score (nSPS) is 14.6. The Bertz CT molecular complexity index is 984. The first kappa shape index (κ1) is 21.5. The molecule has 0 bridgehead atoms. The zero-order valence-electron chi connectivity index (χ0n) is 18.1. The Morgan fingerprint density at radius 2 is 2.00 bits per heavy atom. The Hall–Kier alpha value is -3.16. The quantitative estimate of drug-likeness (QED) is 0.733. The highest BCUT2D eigenvalue weighted by Crippen LogP contribution is 2.30. The third-order valence-corrected chi connectivity index (χ3v) is 5.09. The van der Waals surface area contributed by atoms with Gasteiger partial charge in [0, 0.05) is 37.3 Å². The summed E-state index contributed by atoms with van der Waals surface area (Å²) in [6, 6.07) is 4.64. The van der Waals surface area contributed by atoms with Gasteiger partial charge in [-0.1, -0.05) is 6.07 Å². The van der Waals surface area contributed by atoms with E-state index in [-0.39, 0.29) is 25.3 Å². The van der Waals surface area contributed by atoms with Crippen LogP contribution < -0.4 is 5.73 Å². The molecule has 0 spiro atoms. The Labute approximate surface area is 176 Å². The number of benzene rings is 1. The first-order valence-electron chi connectivity index (χ1n) is 9.91. The Morgan fingerprint density at radius 3 is 2.57 bits per heavy atom. The average Bonchev–Trinajstić information content (AvgIpc) is 3.13. The lowest BCUT2D eigenvalue weighted by molar-refractivity contribution is -0.155. The van der Waals surface area contributed by atoms with E-state index in [1.807, 2.05) is 36.9 Å². The van der Waals surface area contributed by atoms with Crippen LogP contribution >= 0.6 is 0 Å². The van der Waals surface area contributed by atoms with E-state index in [1.54, 1.807) is 26.8 Å². The van der Waals surface area contributed by atoms with Gasteiger partial charge in [-0.2, -0.15) is 0 Å². The maximum atomic E-state index is 12.9. The fourth-order valence-corrected chi connectivity index (χ4v) is 3.55. The fraction of sp³-hybridized carbons (Fsp3) is 0.455. The number of amides is 2. The molecule has 0 saturated heterocycles. The summed E-state index contributed by atoms with van der Waals surface area (Å²) in [5, 5.41) is 0. The molecule has 1 aliphatic heterocycles. The molecule has 8 heteroatoms. The minimum atomic E-state index is -0.877. The smallest absolute Gasteiger partial charge is 0.306 e. The molecule has 30 heavy (non-hydrogen) atoms. The van der Waals surface area contributed by atoms with Gasteiger partial charge in [0.15, 0.2) is 0 Å². The van der Waals surface area contributed by atoms with Crippen LogP contribution in [0.3, 0.4) is 0 Å². The van der Waals surface area contributed by atoms with Crippen molar-refractivity contribution in [2.75, 3.05) is 0 Å². The average molecular weight is 412 g/mol. The van der Waals surface area contributed by atoms with Gasteiger partial charge in [0.25, 0.3) is 5.91 Å². The molecular formula is C22H28N4O4. The molecule has 0 saturated carbocycles. The molecule has 8 nitrogen and oxygen atoms in total. The number of fused-ring (bicyclic) bond motifs is 1. The standard InChI is InChI=1S/C22H28N4O4/c1-13-24-17(12-25(13)5)14-6-7-16-15(10-14)11-26(21(16)29)18(20(23)28)8-9-19(27)30-22(2,3)4/h6-7,10,12,18H,8-9,11H2,1-5H3,(H2,23,28). The van der Waals surface area contributed by atoms with Gasteiger partial charge in [-0.25, -0.2) is 4.98 Å². The highest BCUT2D eigenvalue weighted by molar-refractivity contribution is 6.01. The van der Waals surface area contributed by atoms with Crippen molar-refractivity contribution >= 4 is 17.8 Å². The van der Waals surface area contributed by atoms with Crippen molar-refractivity contribution < 1.29 is 19.1 Å². The minimum absolute atomic E-state index is 0.00344. The monoisotopic (exact) mass is 412 g/mol. The van der Waals surface area contributed by atoms with Crippen LogP contribution in [-0.4, -0.2) is 43.9 Å². The predicted molar refractivity (Wildman–Crippen MR) is 111 cm³/mol. The van der Waals surface area contributed by atoms with Gasteiger partial charge < -0.3 is 19.9 Å². The third kappa shape index (κ3) is 4.53. The number of esters is 1. The molecule has 1 atom stereocenters. The first-order valence-corrected chi connectivity index (χ1v) is 9.91. The highest BCUT2D eigenvalue weighted by atomic mass is 16.6. The molecule has 0 radical (unpaired) electrons. The van der Waals surface area contributed by atoms with Crippen molar-refractivity contribution in [2.45, 2.75) is 58.7 Å². The van der Waals surface area contributed by atoms with E-state index in [9.17, 15) is 14.4 Å². The molecule has 0 aliphatic carbocycles. The van der Waals surface area contributed by atoms with E-state index in [1.165, 1.54) is 4.90 Å². The van der Waals surface area contributed by atoms with Crippen LogP contribution in [0.4, 0.5) is 0 Å². The molecule has 2 amide bonds. The van der Waals surface area contributed by atoms with E-state index >= 15 is 0 Å². The second-order valence-corrected chi connectivity index (χ2v) is 8.63. The molecule has 160 valence electrons.